The fourth-order valence-corrected chi connectivity index (χ4v) is 2.86. The third kappa shape index (κ3) is 3.42. The Labute approximate surface area is 108 Å². The first-order valence-electron chi connectivity index (χ1n) is 5.24. The van der Waals surface area contributed by atoms with Crippen molar-refractivity contribution in [2.24, 2.45) is 5.92 Å². The molecule has 0 saturated heterocycles. The summed E-state index contributed by atoms with van der Waals surface area (Å²) in [4.78, 5) is -0.0370. The Morgan fingerprint density at radius 2 is 1.88 bits per heavy atom. The van der Waals surface area contributed by atoms with Crippen LogP contribution >= 0.6 is 27.5 Å². The summed E-state index contributed by atoms with van der Waals surface area (Å²) in [6, 6.07) is 2.19. The minimum absolute atomic E-state index is 0.0370. The largest absolute Gasteiger partial charge is 0.204 e. The van der Waals surface area contributed by atoms with E-state index >= 15 is 0 Å². The molecule has 0 saturated carbocycles. The standard InChI is InChI=1S/C12H14BrClF2/c1-3-7(2)4-9(13)8-5-11(15)12(16)6-10(8)14/h5-7,9H,3-4H2,1-2H3. The number of halogens is 4. The molecule has 1 rings (SSSR count). The third-order valence-electron chi connectivity index (χ3n) is 2.68. The van der Waals surface area contributed by atoms with Crippen LogP contribution in [-0.4, -0.2) is 0 Å². The van der Waals surface area contributed by atoms with Gasteiger partial charge in [0.25, 0.3) is 0 Å². The molecule has 0 radical (unpaired) electrons. The Bertz CT molecular complexity index is 368. The summed E-state index contributed by atoms with van der Waals surface area (Å²) in [6.07, 6.45) is 1.89. The maximum atomic E-state index is 13.1. The quantitative estimate of drug-likeness (QED) is 0.509. The summed E-state index contributed by atoms with van der Waals surface area (Å²) in [7, 11) is 0. The predicted molar refractivity (Wildman–Crippen MR) is 67.1 cm³/mol. The molecule has 0 bridgehead atoms. The SMILES string of the molecule is CCC(C)CC(Br)c1cc(F)c(F)cc1Cl. The van der Waals surface area contributed by atoms with E-state index in [0.717, 1.165) is 18.9 Å². The molecule has 0 aliphatic heterocycles. The van der Waals surface area contributed by atoms with Crippen molar-refractivity contribution in [2.75, 3.05) is 0 Å². The molecular formula is C12H14BrClF2. The minimum atomic E-state index is -0.906. The highest BCUT2D eigenvalue weighted by molar-refractivity contribution is 9.09. The van der Waals surface area contributed by atoms with Gasteiger partial charge < -0.3 is 0 Å². The second-order valence-corrected chi connectivity index (χ2v) is 5.52. The summed E-state index contributed by atoms with van der Waals surface area (Å²) < 4.78 is 26.0. The van der Waals surface area contributed by atoms with Gasteiger partial charge in [0, 0.05) is 9.85 Å². The van der Waals surface area contributed by atoms with E-state index in [1.54, 1.807) is 0 Å². The predicted octanol–water partition coefficient (Wildman–Crippen LogP) is 5.49. The lowest BCUT2D eigenvalue weighted by Gasteiger charge is -2.16. The third-order valence-corrected chi connectivity index (χ3v) is 3.88. The van der Waals surface area contributed by atoms with E-state index in [2.05, 4.69) is 29.8 Å². The molecule has 0 aromatic heterocycles. The van der Waals surface area contributed by atoms with Crippen molar-refractivity contribution < 1.29 is 8.78 Å². The lowest BCUT2D eigenvalue weighted by atomic mass is 9.99. The van der Waals surface area contributed by atoms with E-state index in [4.69, 9.17) is 11.6 Å². The molecule has 0 amide bonds. The summed E-state index contributed by atoms with van der Waals surface area (Å²) in [5, 5.41) is 0.268. The monoisotopic (exact) mass is 310 g/mol. The maximum Gasteiger partial charge on any atom is 0.160 e. The van der Waals surface area contributed by atoms with Gasteiger partial charge in [-0.2, -0.15) is 0 Å². The molecule has 16 heavy (non-hydrogen) atoms. The number of hydrogen-bond donors (Lipinski definition) is 0. The summed E-state index contributed by atoms with van der Waals surface area (Å²) in [6.45, 7) is 4.21. The Hall–Kier alpha value is -0.150. The number of rotatable bonds is 4. The molecule has 0 N–H and O–H groups in total. The van der Waals surface area contributed by atoms with Crippen molar-refractivity contribution in [3.05, 3.63) is 34.4 Å². The van der Waals surface area contributed by atoms with E-state index in [1.165, 1.54) is 6.07 Å². The van der Waals surface area contributed by atoms with E-state index < -0.39 is 11.6 Å². The number of benzene rings is 1. The molecule has 0 fully saturated rings. The Morgan fingerprint density at radius 3 is 2.44 bits per heavy atom. The molecule has 1 aromatic rings. The fourth-order valence-electron chi connectivity index (χ4n) is 1.42. The van der Waals surface area contributed by atoms with Crippen LogP contribution < -0.4 is 0 Å². The van der Waals surface area contributed by atoms with E-state index in [-0.39, 0.29) is 9.85 Å². The van der Waals surface area contributed by atoms with Gasteiger partial charge in [0.2, 0.25) is 0 Å². The van der Waals surface area contributed by atoms with E-state index in [1.807, 2.05) is 0 Å². The molecule has 4 heteroatoms. The van der Waals surface area contributed by atoms with E-state index in [9.17, 15) is 8.78 Å². The van der Waals surface area contributed by atoms with Gasteiger partial charge in [-0.3, -0.25) is 0 Å². The Kier molecular flexibility index (Phi) is 5.19. The van der Waals surface area contributed by atoms with Gasteiger partial charge in [0.15, 0.2) is 11.6 Å². The first-order valence-corrected chi connectivity index (χ1v) is 6.53. The second kappa shape index (κ2) is 5.97. The van der Waals surface area contributed by atoms with Crippen LogP contribution in [0.3, 0.4) is 0 Å². The van der Waals surface area contributed by atoms with Crippen LogP contribution in [0, 0.1) is 17.6 Å². The highest BCUT2D eigenvalue weighted by Gasteiger charge is 2.17. The molecule has 0 aliphatic carbocycles. The zero-order valence-electron chi connectivity index (χ0n) is 9.24. The van der Waals surface area contributed by atoms with Crippen LogP contribution in [0.1, 0.15) is 37.1 Å². The maximum absolute atomic E-state index is 13.1. The summed E-state index contributed by atoms with van der Waals surface area (Å²) in [5.41, 5.74) is 0.612. The van der Waals surface area contributed by atoms with Crippen molar-refractivity contribution in [3.8, 4) is 0 Å². The van der Waals surface area contributed by atoms with Gasteiger partial charge >= 0.3 is 0 Å². The van der Waals surface area contributed by atoms with Crippen LogP contribution in [0.25, 0.3) is 0 Å². The molecule has 0 spiro atoms. The zero-order chi connectivity index (χ0) is 12.3. The summed E-state index contributed by atoms with van der Waals surface area (Å²) in [5.74, 6) is -1.25. The smallest absolute Gasteiger partial charge is 0.160 e. The first-order chi connectivity index (χ1) is 7.45. The van der Waals surface area contributed by atoms with Crippen molar-refractivity contribution >= 4 is 27.5 Å². The zero-order valence-corrected chi connectivity index (χ0v) is 11.6. The summed E-state index contributed by atoms with van der Waals surface area (Å²) >= 11 is 9.35. The van der Waals surface area contributed by atoms with Crippen LogP contribution in [0.2, 0.25) is 5.02 Å². The van der Waals surface area contributed by atoms with Crippen LogP contribution in [0.5, 0.6) is 0 Å². The van der Waals surface area contributed by atoms with Gasteiger partial charge in [-0.25, -0.2) is 8.78 Å². The minimum Gasteiger partial charge on any atom is -0.204 e. The highest BCUT2D eigenvalue weighted by Crippen LogP contribution is 2.36. The average molecular weight is 312 g/mol. The second-order valence-electron chi connectivity index (χ2n) is 4.00. The Morgan fingerprint density at radius 1 is 1.31 bits per heavy atom. The highest BCUT2D eigenvalue weighted by atomic mass is 79.9. The molecule has 0 nitrogen and oxygen atoms in total. The van der Waals surface area contributed by atoms with Crippen molar-refractivity contribution in [1.82, 2.24) is 0 Å². The van der Waals surface area contributed by atoms with Gasteiger partial charge in [0.1, 0.15) is 0 Å². The Balaban J connectivity index is 2.91. The molecule has 2 atom stereocenters. The van der Waals surface area contributed by atoms with Crippen LogP contribution in [0.4, 0.5) is 8.78 Å². The lowest BCUT2D eigenvalue weighted by molar-refractivity contribution is 0.498. The molecule has 0 aliphatic rings. The number of hydrogen-bond acceptors (Lipinski definition) is 0. The molecular weight excluding hydrogens is 297 g/mol. The van der Waals surface area contributed by atoms with Crippen molar-refractivity contribution in [1.29, 1.82) is 0 Å². The van der Waals surface area contributed by atoms with Crippen molar-refractivity contribution in [3.63, 3.8) is 0 Å². The average Bonchev–Trinajstić information content (AvgIpc) is 2.23. The van der Waals surface area contributed by atoms with Crippen LogP contribution in [-0.2, 0) is 0 Å². The van der Waals surface area contributed by atoms with Gasteiger partial charge in [-0.05, 0) is 30.0 Å². The normalized spacial score (nSPS) is 14.9. The van der Waals surface area contributed by atoms with Gasteiger partial charge in [-0.15, -0.1) is 0 Å². The number of alkyl halides is 1. The van der Waals surface area contributed by atoms with Crippen LogP contribution in [0.15, 0.2) is 12.1 Å². The molecule has 90 valence electrons. The lowest BCUT2D eigenvalue weighted by Crippen LogP contribution is -2.01. The van der Waals surface area contributed by atoms with Crippen molar-refractivity contribution in [2.45, 2.75) is 31.5 Å². The van der Waals surface area contributed by atoms with E-state index in [0.29, 0.717) is 11.5 Å². The fraction of sp³-hybridized carbons (Fsp3) is 0.500. The first kappa shape index (κ1) is 13.9. The molecule has 0 heterocycles. The van der Waals surface area contributed by atoms with Gasteiger partial charge in [0.05, 0.1) is 0 Å². The van der Waals surface area contributed by atoms with Gasteiger partial charge in [-0.1, -0.05) is 47.8 Å². The molecule has 1 aromatic carbocycles. The topological polar surface area (TPSA) is 0 Å². The molecule has 2 unspecified atom stereocenters.